The van der Waals surface area contributed by atoms with E-state index in [1.54, 1.807) is 19.4 Å². The molecule has 96 valence electrons. The van der Waals surface area contributed by atoms with E-state index in [0.717, 1.165) is 15.7 Å². The molecule has 0 amide bonds. The maximum absolute atomic E-state index is 9.12. The largest absolute Gasteiger partial charge is 0.495 e. The Kier molecular flexibility index (Phi) is 4.03. The van der Waals surface area contributed by atoms with Gasteiger partial charge in [0.05, 0.1) is 18.4 Å². The van der Waals surface area contributed by atoms with Crippen LogP contribution in [0.15, 0.2) is 34.9 Å². The van der Waals surface area contributed by atoms with Crippen LogP contribution < -0.4 is 10.1 Å². The zero-order chi connectivity index (χ0) is 13.8. The summed E-state index contributed by atoms with van der Waals surface area (Å²) in [6.45, 7) is 1.99. The first-order valence-corrected chi connectivity index (χ1v) is 6.40. The first-order valence-electron chi connectivity index (χ1n) is 5.61. The Morgan fingerprint density at radius 1 is 1.37 bits per heavy atom. The fourth-order valence-electron chi connectivity index (χ4n) is 1.67. The van der Waals surface area contributed by atoms with Gasteiger partial charge in [0.2, 0.25) is 0 Å². The Morgan fingerprint density at radius 2 is 2.16 bits per heavy atom. The smallest absolute Gasteiger partial charge is 0.148 e. The van der Waals surface area contributed by atoms with E-state index < -0.39 is 0 Å². The Labute approximate surface area is 120 Å². The number of anilines is 2. The third-order valence-corrected chi connectivity index (χ3v) is 3.02. The number of nitrogens with zero attached hydrogens (tertiary/aromatic N) is 2. The number of aromatic nitrogens is 1. The Balaban J connectivity index is 2.41. The van der Waals surface area contributed by atoms with Crippen LogP contribution in [-0.4, -0.2) is 12.1 Å². The number of nitrogens with one attached hydrogen (secondary N) is 1. The summed E-state index contributed by atoms with van der Waals surface area (Å²) in [7, 11) is 1.61. The lowest BCUT2D eigenvalue weighted by Gasteiger charge is -2.12. The van der Waals surface area contributed by atoms with E-state index in [1.165, 1.54) is 0 Å². The van der Waals surface area contributed by atoms with Gasteiger partial charge in [0.25, 0.3) is 0 Å². The highest BCUT2D eigenvalue weighted by Crippen LogP contribution is 2.29. The van der Waals surface area contributed by atoms with Crippen LogP contribution in [0.1, 0.15) is 11.1 Å². The van der Waals surface area contributed by atoms with Crippen molar-refractivity contribution >= 4 is 27.4 Å². The van der Waals surface area contributed by atoms with Crippen molar-refractivity contribution in [3.63, 3.8) is 0 Å². The second-order valence-electron chi connectivity index (χ2n) is 3.99. The maximum Gasteiger partial charge on any atom is 0.148 e. The van der Waals surface area contributed by atoms with Crippen molar-refractivity contribution in [1.29, 1.82) is 5.26 Å². The monoisotopic (exact) mass is 317 g/mol. The average Bonchev–Trinajstić information content (AvgIpc) is 2.41. The van der Waals surface area contributed by atoms with Crippen molar-refractivity contribution in [3.05, 3.63) is 46.1 Å². The third kappa shape index (κ3) is 3.04. The van der Waals surface area contributed by atoms with Crippen molar-refractivity contribution in [3.8, 4) is 11.8 Å². The van der Waals surface area contributed by atoms with E-state index in [-0.39, 0.29) is 0 Å². The number of rotatable bonds is 3. The molecule has 0 spiro atoms. The molecule has 0 saturated carbocycles. The summed E-state index contributed by atoms with van der Waals surface area (Å²) in [4.78, 5) is 4.21. The molecule has 0 fully saturated rings. The van der Waals surface area contributed by atoms with Gasteiger partial charge in [-0.05, 0) is 46.6 Å². The summed E-state index contributed by atoms with van der Waals surface area (Å²) < 4.78 is 6.06. The van der Waals surface area contributed by atoms with Crippen molar-refractivity contribution in [2.24, 2.45) is 0 Å². The lowest BCUT2D eigenvalue weighted by Crippen LogP contribution is -1.99. The van der Waals surface area contributed by atoms with E-state index in [0.29, 0.717) is 17.1 Å². The number of hydrogen-bond acceptors (Lipinski definition) is 4. The van der Waals surface area contributed by atoms with E-state index in [1.807, 2.05) is 25.1 Å². The molecule has 0 atom stereocenters. The van der Waals surface area contributed by atoms with Gasteiger partial charge in [-0.15, -0.1) is 0 Å². The van der Waals surface area contributed by atoms with Crippen LogP contribution in [0.3, 0.4) is 0 Å². The maximum atomic E-state index is 9.12. The first kappa shape index (κ1) is 13.4. The van der Waals surface area contributed by atoms with Gasteiger partial charge in [0.1, 0.15) is 17.6 Å². The van der Waals surface area contributed by atoms with E-state index in [4.69, 9.17) is 10.00 Å². The zero-order valence-corrected chi connectivity index (χ0v) is 12.2. The Hall–Kier alpha value is -2.06. The second-order valence-corrected chi connectivity index (χ2v) is 4.91. The highest BCUT2D eigenvalue weighted by atomic mass is 79.9. The van der Waals surface area contributed by atoms with Crippen LogP contribution in [-0.2, 0) is 0 Å². The molecule has 4 nitrogen and oxygen atoms in total. The highest BCUT2D eigenvalue weighted by Gasteiger charge is 2.08. The van der Waals surface area contributed by atoms with Crippen molar-refractivity contribution in [2.75, 3.05) is 12.4 Å². The SMILES string of the molecule is COc1ccc(C)cc1Nc1ncc(Br)cc1C#N. The first-order chi connectivity index (χ1) is 9.13. The number of benzene rings is 1. The molecule has 0 bridgehead atoms. The molecule has 1 heterocycles. The van der Waals surface area contributed by atoms with Crippen LogP contribution in [0, 0.1) is 18.3 Å². The molecule has 1 N–H and O–H groups in total. The Morgan fingerprint density at radius 3 is 2.84 bits per heavy atom. The summed E-state index contributed by atoms with van der Waals surface area (Å²) >= 11 is 3.30. The second kappa shape index (κ2) is 5.72. The molecule has 0 radical (unpaired) electrons. The molecule has 19 heavy (non-hydrogen) atoms. The van der Waals surface area contributed by atoms with Crippen LogP contribution in [0.2, 0.25) is 0 Å². The minimum Gasteiger partial charge on any atom is -0.495 e. The van der Waals surface area contributed by atoms with Gasteiger partial charge in [-0.1, -0.05) is 6.07 Å². The lowest BCUT2D eigenvalue weighted by molar-refractivity contribution is 0.416. The van der Waals surface area contributed by atoms with Crippen molar-refractivity contribution in [1.82, 2.24) is 4.98 Å². The van der Waals surface area contributed by atoms with Crippen molar-refractivity contribution in [2.45, 2.75) is 6.92 Å². The average molecular weight is 318 g/mol. The molecule has 0 saturated heterocycles. The molecule has 2 rings (SSSR count). The minimum atomic E-state index is 0.470. The summed E-state index contributed by atoms with van der Waals surface area (Å²) in [5, 5.41) is 12.3. The number of hydrogen-bond donors (Lipinski definition) is 1. The van der Waals surface area contributed by atoms with Gasteiger partial charge in [-0.2, -0.15) is 5.26 Å². The third-order valence-electron chi connectivity index (χ3n) is 2.58. The van der Waals surface area contributed by atoms with Gasteiger partial charge < -0.3 is 10.1 Å². The summed E-state index contributed by atoms with van der Waals surface area (Å²) in [6.07, 6.45) is 1.64. The van der Waals surface area contributed by atoms with E-state index in [2.05, 4.69) is 32.3 Å². The number of pyridine rings is 1. The summed E-state index contributed by atoms with van der Waals surface area (Å²) in [5.41, 5.74) is 2.35. The minimum absolute atomic E-state index is 0.470. The van der Waals surface area contributed by atoms with Crippen LogP contribution in [0.5, 0.6) is 5.75 Å². The van der Waals surface area contributed by atoms with Crippen LogP contribution in [0.4, 0.5) is 11.5 Å². The molecule has 2 aromatic rings. The number of ether oxygens (including phenoxy) is 1. The number of nitriles is 1. The van der Waals surface area contributed by atoms with Crippen LogP contribution >= 0.6 is 15.9 Å². The van der Waals surface area contributed by atoms with E-state index in [9.17, 15) is 0 Å². The molecule has 0 unspecified atom stereocenters. The molecular formula is C14H12BrN3O. The van der Waals surface area contributed by atoms with Gasteiger partial charge in [0, 0.05) is 10.7 Å². The van der Waals surface area contributed by atoms with Crippen molar-refractivity contribution < 1.29 is 4.74 Å². The molecule has 5 heteroatoms. The lowest BCUT2D eigenvalue weighted by atomic mass is 10.2. The molecule has 1 aromatic heterocycles. The fraction of sp³-hybridized carbons (Fsp3) is 0.143. The van der Waals surface area contributed by atoms with Crippen LogP contribution in [0.25, 0.3) is 0 Å². The molecular weight excluding hydrogens is 306 g/mol. The molecule has 0 aliphatic carbocycles. The number of halogens is 1. The fourth-order valence-corrected chi connectivity index (χ4v) is 2.00. The predicted octanol–water partition coefficient (Wildman–Crippen LogP) is 3.78. The van der Waals surface area contributed by atoms with Gasteiger partial charge >= 0.3 is 0 Å². The Bertz CT molecular complexity index is 650. The van der Waals surface area contributed by atoms with Gasteiger partial charge in [-0.3, -0.25) is 0 Å². The summed E-state index contributed by atoms with van der Waals surface area (Å²) in [6, 6.07) is 9.62. The predicted molar refractivity (Wildman–Crippen MR) is 77.7 cm³/mol. The topological polar surface area (TPSA) is 57.9 Å². The van der Waals surface area contributed by atoms with Gasteiger partial charge in [0.15, 0.2) is 0 Å². The molecule has 1 aromatic carbocycles. The summed E-state index contributed by atoms with van der Waals surface area (Å²) in [5.74, 6) is 1.22. The van der Waals surface area contributed by atoms with Gasteiger partial charge in [-0.25, -0.2) is 4.98 Å². The standard InChI is InChI=1S/C14H12BrN3O/c1-9-3-4-13(19-2)12(5-9)18-14-10(7-16)6-11(15)8-17-14/h3-6,8H,1-2H3,(H,17,18). The van der Waals surface area contributed by atoms with E-state index >= 15 is 0 Å². The zero-order valence-electron chi connectivity index (χ0n) is 10.6. The normalized spacial score (nSPS) is 9.79. The highest BCUT2D eigenvalue weighted by molar-refractivity contribution is 9.10. The number of methoxy groups -OCH3 is 1. The quantitative estimate of drug-likeness (QED) is 0.936. The number of aryl methyl sites for hydroxylation is 1. The molecule has 0 aliphatic rings. The molecule has 0 aliphatic heterocycles.